The fourth-order valence-corrected chi connectivity index (χ4v) is 3.68. The van der Waals surface area contributed by atoms with Crippen LogP contribution in [0.3, 0.4) is 0 Å². The molecule has 94 valence electrons. The molecule has 1 fully saturated rings. The van der Waals surface area contributed by atoms with E-state index in [9.17, 15) is 5.11 Å². The van der Waals surface area contributed by atoms with Crippen LogP contribution in [-0.2, 0) is 0 Å². The molecule has 1 saturated heterocycles. The van der Waals surface area contributed by atoms with Crippen LogP contribution in [0.5, 0.6) is 0 Å². The molecule has 1 atom stereocenters. The van der Waals surface area contributed by atoms with Crippen molar-refractivity contribution in [3.05, 3.63) is 27.7 Å². The van der Waals surface area contributed by atoms with E-state index in [1.54, 1.807) is 0 Å². The minimum absolute atomic E-state index is 0.167. The fourth-order valence-electron chi connectivity index (χ4n) is 2.00. The standard InChI is InChI=1S/C12H15BrClNOS/c13-10-6-9(2-3-11(10)14)15-12(7-16)4-1-5-17-8-12/h2-3,6,15-16H,1,4-5,7-8H2. The van der Waals surface area contributed by atoms with Crippen LogP contribution in [0.1, 0.15) is 12.8 Å². The Morgan fingerprint density at radius 3 is 2.94 bits per heavy atom. The van der Waals surface area contributed by atoms with Gasteiger partial charge in [-0.05, 0) is 52.7 Å². The number of halogens is 2. The van der Waals surface area contributed by atoms with Crippen molar-refractivity contribution in [2.75, 3.05) is 23.4 Å². The average molecular weight is 337 g/mol. The van der Waals surface area contributed by atoms with Crippen molar-refractivity contribution in [2.45, 2.75) is 18.4 Å². The third kappa shape index (κ3) is 3.31. The number of aliphatic hydroxyl groups excluding tert-OH is 1. The third-order valence-electron chi connectivity index (χ3n) is 2.95. The monoisotopic (exact) mass is 335 g/mol. The molecule has 2 rings (SSSR count). The molecule has 1 aromatic carbocycles. The topological polar surface area (TPSA) is 32.3 Å². The number of anilines is 1. The molecule has 1 unspecified atom stereocenters. The Morgan fingerprint density at radius 2 is 2.35 bits per heavy atom. The molecule has 5 heteroatoms. The Bertz CT molecular complexity index is 396. The van der Waals surface area contributed by atoms with Gasteiger partial charge in [-0.1, -0.05) is 11.6 Å². The van der Waals surface area contributed by atoms with Crippen molar-refractivity contribution in [2.24, 2.45) is 0 Å². The van der Waals surface area contributed by atoms with Gasteiger partial charge in [-0.2, -0.15) is 11.8 Å². The van der Waals surface area contributed by atoms with E-state index in [1.165, 1.54) is 5.75 Å². The molecule has 0 amide bonds. The van der Waals surface area contributed by atoms with Gasteiger partial charge in [0.2, 0.25) is 0 Å². The SMILES string of the molecule is OCC1(Nc2ccc(Cl)c(Br)c2)CCCSC1. The Balaban J connectivity index is 2.14. The molecule has 0 radical (unpaired) electrons. The molecule has 2 N–H and O–H groups in total. The summed E-state index contributed by atoms with van der Waals surface area (Å²) in [5.74, 6) is 2.14. The number of hydrogen-bond donors (Lipinski definition) is 2. The maximum atomic E-state index is 9.61. The first-order valence-corrected chi connectivity index (χ1v) is 7.90. The minimum Gasteiger partial charge on any atom is -0.394 e. The molecule has 0 saturated carbocycles. The van der Waals surface area contributed by atoms with Gasteiger partial charge in [-0.15, -0.1) is 0 Å². The maximum Gasteiger partial charge on any atom is 0.0694 e. The third-order valence-corrected chi connectivity index (χ3v) is 5.50. The number of thioether (sulfide) groups is 1. The van der Waals surface area contributed by atoms with Gasteiger partial charge in [0.1, 0.15) is 0 Å². The van der Waals surface area contributed by atoms with E-state index in [4.69, 9.17) is 11.6 Å². The molecule has 1 aliphatic heterocycles. The molecular formula is C12H15BrClNOS. The average Bonchev–Trinajstić information content (AvgIpc) is 2.35. The molecule has 1 heterocycles. The highest BCUT2D eigenvalue weighted by Crippen LogP contribution is 2.32. The van der Waals surface area contributed by atoms with Crippen molar-refractivity contribution in [3.8, 4) is 0 Å². The van der Waals surface area contributed by atoms with Crippen LogP contribution in [-0.4, -0.2) is 28.8 Å². The first-order chi connectivity index (χ1) is 8.15. The quantitative estimate of drug-likeness (QED) is 0.881. The van der Waals surface area contributed by atoms with Gasteiger partial charge < -0.3 is 10.4 Å². The minimum atomic E-state index is -0.184. The summed E-state index contributed by atoms with van der Waals surface area (Å²) in [6.07, 6.45) is 2.16. The molecular weight excluding hydrogens is 322 g/mol. The lowest BCUT2D eigenvalue weighted by Gasteiger charge is -2.37. The van der Waals surface area contributed by atoms with Crippen molar-refractivity contribution >= 4 is 45.0 Å². The summed E-state index contributed by atoms with van der Waals surface area (Å²) >= 11 is 11.3. The van der Waals surface area contributed by atoms with Crippen molar-refractivity contribution in [1.29, 1.82) is 0 Å². The van der Waals surface area contributed by atoms with Crippen molar-refractivity contribution in [3.63, 3.8) is 0 Å². The Kier molecular flexibility index (Phi) is 4.64. The molecule has 0 aromatic heterocycles. The van der Waals surface area contributed by atoms with E-state index < -0.39 is 0 Å². The zero-order valence-corrected chi connectivity index (χ0v) is 12.5. The van der Waals surface area contributed by atoms with Crippen LogP contribution in [0.25, 0.3) is 0 Å². The van der Waals surface area contributed by atoms with E-state index in [0.717, 1.165) is 28.8 Å². The van der Waals surface area contributed by atoms with E-state index in [1.807, 2.05) is 30.0 Å². The van der Waals surface area contributed by atoms with E-state index in [0.29, 0.717) is 5.02 Å². The second-order valence-corrected chi connectivity index (χ2v) is 6.72. The molecule has 2 nitrogen and oxygen atoms in total. The van der Waals surface area contributed by atoms with Gasteiger partial charge in [0, 0.05) is 15.9 Å². The Hall–Kier alpha value is 0.1000. The smallest absolute Gasteiger partial charge is 0.0694 e. The zero-order chi connectivity index (χ0) is 12.3. The second-order valence-electron chi connectivity index (χ2n) is 4.35. The van der Waals surface area contributed by atoms with E-state index in [2.05, 4.69) is 21.2 Å². The first kappa shape index (κ1) is 13.5. The number of benzene rings is 1. The van der Waals surface area contributed by atoms with Gasteiger partial charge in [-0.3, -0.25) is 0 Å². The summed E-state index contributed by atoms with van der Waals surface area (Å²) in [5, 5.41) is 13.8. The van der Waals surface area contributed by atoms with Gasteiger partial charge in [-0.25, -0.2) is 0 Å². The first-order valence-electron chi connectivity index (χ1n) is 5.57. The predicted octanol–water partition coefficient (Wildman–Crippen LogP) is 3.77. The Labute approximate surface area is 119 Å². The lowest BCUT2D eigenvalue weighted by molar-refractivity contribution is 0.215. The van der Waals surface area contributed by atoms with Crippen LogP contribution in [0.15, 0.2) is 22.7 Å². The molecule has 17 heavy (non-hydrogen) atoms. The lowest BCUT2D eigenvalue weighted by atomic mass is 9.96. The maximum absolute atomic E-state index is 9.61. The number of hydrogen-bond acceptors (Lipinski definition) is 3. The normalized spacial score (nSPS) is 24.6. The predicted molar refractivity (Wildman–Crippen MR) is 79.2 cm³/mol. The van der Waals surface area contributed by atoms with Gasteiger partial charge in [0.15, 0.2) is 0 Å². The number of rotatable bonds is 3. The van der Waals surface area contributed by atoms with Gasteiger partial charge >= 0.3 is 0 Å². The fraction of sp³-hybridized carbons (Fsp3) is 0.500. The van der Waals surface area contributed by atoms with E-state index >= 15 is 0 Å². The summed E-state index contributed by atoms with van der Waals surface area (Å²) in [6, 6.07) is 5.76. The zero-order valence-electron chi connectivity index (χ0n) is 9.38. The van der Waals surface area contributed by atoms with Gasteiger partial charge in [0.05, 0.1) is 17.2 Å². The van der Waals surface area contributed by atoms with E-state index in [-0.39, 0.29) is 12.1 Å². The van der Waals surface area contributed by atoms with Crippen molar-refractivity contribution < 1.29 is 5.11 Å². The highest BCUT2D eigenvalue weighted by atomic mass is 79.9. The van der Waals surface area contributed by atoms with Crippen LogP contribution in [0, 0.1) is 0 Å². The lowest BCUT2D eigenvalue weighted by Crippen LogP contribution is -2.46. The van der Waals surface area contributed by atoms with Gasteiger partial charge in [0.25, 0.3) is 0 Å². The largest absolute Gasteiger partial charge is 0.394 e. The van der Waals surface area contributed by atoms with Crippen LogP contribution < -0.4 is 5.32 Å². The molecule has 0 aliphatic carbocycles. The van der Waals surface area contributed by atoms with Crippen molar-refractivity contribution in [1.82, 2.24) is 0 Å². The van der Waals surface area contributed by atoms with Crippen LogP contribution in [0.2, 0.25) is 5.02 Å². The van der Waals surface area contributed by atoms with Crippen LogP contribution >= 0.6 is 39.3 Å². The molecule has 1 aliphatic rings. The molecule has 0 spiro atoms. The number of nitrogens with one attached hydrogen (secondary N) is 1. The summed E-state index contributed by atoms with van der Waals surface area (Å²) in [6.45, 7) is 0.167. The molecule has 1 aromatic rings. The highest BCUT2D eigenvalue weighted by molar-refractivity contribution is 9.10. The highest BCUT2D eigenvalue weighted by Gasteiger charge is 2.31. The second kappa shape index (κ2) is 5.83. The Morgan fingerprint density at radius 1 is 1.53 bits per heavy atom. The summed E-state index contributed by atoms with van der Waals surface area (Å²) in [5.41, 5.74) is 0.814. The van der Waals surface area contributed by atoms with Crippen LogP contribution in [0.4, 0.5) is 5.69 Å². The summed E-state index contributed by atoms with van der Waals surface area (Å²) < 4.78 is 0.876. The summed E-state index contributed by atoms with van der Waals surface area (Å²) in [7, 11) is 0. The summed E-state index contributed by atoms with van der Waals surface area (Å²) in [4.78, 5) is 0. The number of aliphatic hydroxyl groups is 1. The molecule has 0 bridgehead atoms.